The number of amides is 1. The van der Waals surface area contributed by atoms with Crippen LogP contribution in [0.15, 0.2) is 34.4 Å². The second-order valence-corrected chi connectivity index (χ2v) is 5.52. The van der Waals surface area contributed by atoms with Gasteiger partial charge in [0, 0.05) is 5.71 Å². The molecule has 0 unspecified atom stereocenters. The van der Waals surface area contributed by atoms with Gasteiger partial charge in [0.05, 0.1) is 24.6 Å². The Balaban J connectivity index is 1.83. The number of carbonyl (C=O) groups is 1. The number of ether oxygens (including phenoxy) is 1. The van der Waals surface area contributed by atoms with Gasteiger partial charge < -0.3 is 4.74 Å². The van der Waals surface area contributed by atoms with Gasteiger partial charge in [-0.25, -0.2) is 0 Å². The molecule has 1 saturated carbocycles. The lowest BCUT2D eigenvalue weighted by Gasteiger charge is -2.14. The summed E-state index contributed by atoms with van der Waals surface area (Å²) in [5, 5.41) is 5.87. The van der Waals surface area contributed by atoms with Crippen molar-refractivity contribution < 1.29 is 9.53 Å². The lowest BCUT2D eigenvalue weighted by atomic mass is 9.99. The molecule has 1 aromatic carbocycles. The topological polar surface area (TPSA) is 54.3 Å². The number of benzene rings is 1. The zero-order valence-corrected chi connectivity index (χ0v) is 12.5. The monoisotopic (exact) mass is 285 g/mol. The second kappa shape index (κ2) is 5.31. The Bertz CT molecular complexity index is 615. The number of anilines is 1. The molecule has 21 heavy (non-hydrogen) atoms. The molecule has 1 aromatic rings. The van der Waals surface area contributed by atoms with E-state index in [-0.39, 0.29) is 11.8 Å². The largest absolute Gasteiger partial charge is 0.497 e. The average Bonchev–Trinajstić information content (AvgIpc) is 3.23. The van der Waals surface area contributed by atoms with E-state index in [9.17, 15) is 4.79 Å². The van der Waals surface area contributed by atoms with Crippen molar-refractivity contribution in [3.05, 3.63) is 24.3 Å². The summed E-state index contributed by atoms with van der Waals surface area (Å²) in [5.74, 6) is 0.418. The summed E-state index contributed by atoms with van der Waals surface area (Å²) < 4.78 is 5.13. The van der Waals surface area contributed by atoms with Gasteiger partial charge in [0.2, 0.25) is 0 Å². The zero-order chi connectivity index (χ0) is 15.0. The second-order valence-electron chi connectivity index (χ2n) is 5.52. The van der Waals surface area contributed by atoms with Crippen LogP contribution in [0, 0.1) is 5.92 Å². The van der Waals surface area contributed by atoms with Crippen molar-refractivity contribution in [2.45, 2.75) is 32.7 Å². The van der Waals surface area contributed by atoms with E-state index in [1.165, 1.54) is 5.01 Å². The predicted octanol–water partition coefficient (Wildman–Crippen LogP) is 2.66. The van der Waals surface area contributed by atoms with Crippen molar-refractivity contribution in [1.29, 1.82) is 0 Å². The minimum atomic E-state index is -0.312. The summed E-state index contributed by atoms with van der Waals surface area (Å²) in [5.41, 5.74) is 2.43. The first kappa shape index (κ1) is 13.8. The van der Waals surface area contributed by atoms with Crippen LogP contribution in [0.2, 0.25) is 0 Å². The van der Waals surface area contributed by atoms with Gasteiger partial charge in [0.1, 0.15) is 11.7 Å². The molecule has 0 bridgehead atoms. The predicted molar refractivity (Wildman–Crippen MR) is 83.2 cm³/mol. The summed E-state index contributed by atoms with van der Waals surface area (Å²) in [6, 6.07) is 7.74. The van der Waals surface area contributed by atoms with Crippen LogP contribution in [0.5, 0.6) is 5.75 Å². The zero-order valence-electron chi connectivity index (χ0n) is 12.5. The third-order valence-corrected chi connectivity index (χ3v) is 3.80. The van der Waals surface area contributed by atoms with Crippen LogP contribution in [0.1, 0.15) is 26.7 Å². The highest BCUT2D eigenvalue weighted by Crippen LogP contribution is 2.29. The minimum Gasteiger partial charge on any atom is -0.497 e. The highest BCUT2D eigenvalue weighted by atomic mass is 16.5. The summed E-state index contributed by atoms with van der Waals surface area (Å²) in [6.07, 6.45) is 2.27. The molecule has 1 aliphatic carbocycles. The van der Waals surface area contributed by atoms with Gasteiger partial charge >= 0.3 is 0 Å². The SMILES string of the molecule is COc1ccc(N2N=C(C)[C@@H](C(C)=NC3CC3)C2=O)cc1. The Morgan fingerprint density at radius 2 is 2.00 bits per heavy atom. The van der Waals surface area contributed by atoms with Crippen molar-refractivity contribution in [1.82, 2.24) is 0 Å². The molecule has 0 saturated heterocycles. The molecule has 1 amide bonds. The smallest absolute Gasteiger partial charge is 0.261 e. The number of hydrogen-bond donors (Lipinski definition) is 0. The Morgan fingerprint density at radius 3 is 2.57 bits per heavy atom. The van der Waals surface area contributed by atoms with Gasteiger partial charge in [0.15, 0.2) is 0 Å². The molecule has 0 radical (unpaired) electrons. The first-order chi connectivity index (χ1) is 10.1. The average molecular weight is 285 g/mol. The molecule has 5 nitrogen and oxygen atoms in total. The van der Waals surface area contributed by atoms with Crippen LogP contribution < -0.4 is 9.75 Å². The highest BCUT2D eigenvalue weighted by Gasteiger charge is 2.37. The lowest BCUT2D eigenvalue weighted by molar-refractivity contribution is -0.118. The summed E-state index contributed by atoms with van der Waals surface area (Å²) in [6.45, 7) is 3.81. The van der Waals surface area contributed by atoms with Gasteiger partial charge in [-0.2, -0.15) is 10.1 Å². The summed E-state index contributed by atoms with van der Waals surface area (Å²) in [7, 11) is 1.62. The Kier molecular flexibility index (Phi) is 3.49. The first-order valence-corrected chi connectivity index (χ1v) is 7.17. The van der Waals surface area contributed by atoms with Crippen LogP contribution in [0.4, 0.5) is 5.69 Å². The number of aliphatic imine (C=N–C) groups is 1. The number of hydrazone groups is 1. The van der Waals surface area contributed by atoms with E-state index in [1.807, 2.05) is 38.1 Å². The fourth-order valence-corrected chi connectivity index (χ4v) is 2.52. The van der Waals surface area contributed by atoms with Crippen LogP contribution >= 0.6 is 0 Å². The van der Waals surface area contributed by atoms with Crippen molar-refractivity contribution >= 4 is 23.0 Å². The molecular weight excluding hydrogens is 266 g/mol. The molecule has 1 atom stereocenters. The van der Waals surface area contributed by atoms with Crippen LogP contribution in [-0.2, 0) is 4.79 Å². The Hall–Kier alpha value is -2.17. The van der Waals surface area contributed by atoms with E-state index in [0.29, 0.717) is 6.04 Å². The minimum absolute atomic E-state index is 0.0282. The van der Waals surface area contributed by atoms with Gasteiger partial charge in [-0.1, -0.05) is 0 Å². The molecule has 3 rings (SSSR count). The van der Waals surface area contributed by atoms with Crippen LogP contribution in [-0.4, -0.2) is 30.5 Å². The molecule has 1 heterocycles. The number of rotatable bonds is 4. The lowest BCUT2D eigenvalue weighted by Crippen LogP contribution is -2.31. The molecular formula is C16H19N3O2. The van der Waals surface area contributed by atoms with Crippen molar-refractivity contribution in [3.8, 4) is 5.75 Å². The molecule has 0 N–H and O–H groups in total. The van der Waals surface area contributed by atoms with E-state index in [4.69, 9.17) is 4.74 Å². The fraction of sp³-hybridized carbons (Fsp3) is 0.438. The summed E-state index contributed by atoms with van der Waals surface area (Å²) in [4.78, 5) is 17.2. The van der Waals surface area contributed by atoms with Crippen molar-refractivity contribution in [2.75, 3.05) is 12.1 Å². The van der Waals surface area contributed by atoms with Gasteiger partial charge in [-0.05, 0) is 51.0 Å². The fourth-order valence-electron chi connectivity index (χ4n) is 2.52. The van der Waals surface area contributed by atoms with E-state index in [0.717, 1.165) is 35.7 Å². The maximum atomic E-state index is 12.6. The number of methoxy groups -OCH3 is 1. The van der Waals surface area contributed by atoms with E-state index < -0.39 is 0 Å². The molecule has 0 spiro atoms. The van der Waals surface area contributed by atoms with Crippen LogP contribution in [0.25, 0.3) is 0 Å². The van der Waals surface area contributed by atoms with E-state index >= 15 is 0 Å². The number of nitrogens with zero attached hydrogens (tertiary/aromatic N) is 3. The van der Waals surface area contributed by atoms with Crippen molar-refractivity contribution in [3.63, 3.8) is 0 Å². The highest BCUT2D eigenvalue weighted by molar-refractivity contribution is 6.27. The number of hydrogen-bond acceptors (Lipinski definition) is 4. The normalized spacial score (nSPS) is 22.5. The van der Waals surface area contributed by atoms with Crippen molar-refractivity contribution in [2.24, 2.45) is 16.0 Å². The molecule has 1 aliphatic heterocycles. The first-order valence-electron chi connectivity index (χ1n) is 7.17. The molecule has 2 aliphatic rings. The quantitative estimate of drug-likeness (QED) is 0.799. The molecule has 1 fully saturated rings. The Labute approximate surface area is 124 Å². The number of carbonyl (C=O) groups excluding carboxylic acids is 1. The van der Waals surface area contributed by atoms with E-state index in [1.54, 1.807) is 7.11 Å². The van der Waals surface area contributed by atoms with Gasteiger partial charge in [-0.3, -0.25) is 9.79 Å². The maximum Gasteiger partial charge on any atom is 0.261 e. The maximum absolute atomic E-state index is 12.6. The van der Waals surface area contributed by atoms with Gasteiger partial charge in [0.25, 0.3) is 5.91 Å². The van der Waals surface area contributed by atoms with Gasteiger partial charge in [-0.15, -0.1) is 0 Å². The van der Waals surface area contributed by atoms with E-state index in [2.05, 4.69) is 10.1 Å². The third-order valence-electron chi connectivity index (χ3n) is 3.80. The third kappa shape index (κ3) is 2.68. The van der Waals surface area contributed by atoms with Crippen LogP contribution in [0.3, 0.4) is 0 Å². The Morgan fingerprint density at radius 1 is 1.33 bits per heavy atom. The molecule has 110 valence electrons. The molecule has 5 heteroatoms. The summed E-state index contributed by atoms with van der Waals surface area (Å²) >= 11 is 0. The molecule has 0 aromatic heterocycles. The standard InChI is InChI=1S/C16H19N3O2/c1-10(17-12-4-5-12)15-11(2)18-19(16(15)20)13-6-8-14(21-3)9-7-13/h6-9,12,15H,4-5H2,1-3H3/t15-/m1/s1.